The van der Waals surface area contributed by atoms with Crippen LogP contribution in [-0.4, -0.2) is 41.2 Å². The molecule has 0 aliphatic heterocycles. The lowest BCUT2D eigenvalue weighted by Gasteiger charge is -2.17. The van der Waals surface area contributed by atoms with Gasteiger partial charge in [-0.25, -0.2) is 22.6 Å². The number of aromatic nitrogens is 2. The van der Waals surface area contributed by atoms with Gasteiger partial charge in [0.1, 0.15) is 10.6 Å². The summed E-state index contributed by atoms with van der Waals surface area (Å²) in [6, 6.07) is 5.07. The van der Waals surface area contributed by atoms with Gasteiger partial charge in [-0.15, -0.1) is 0 Å². The van der Waals surface area contributed by atoms with Gasteiger partial charge in [-0.05, 0) is 31.5 Å². The summed E-state index contributed by atoms with van der Waals surface area (Å²) < 4.78 is 35.4. The van der Waals surface area contributed by atoms with E-state index in [1.807, 2.05) is 6.92 Å². The highest BCUT2D eigenvalue weighted by Gasteiger charge is 2.24. The summed E-state index contributed by atoms with van der Waals surface area (Å²) in [7, 11) is -2.52. The molecule has 3 N–H and O–H groups in total. The molecule has 164 valence electrons. The predicted octanol–water partition coefficient (Wildman–Crippen LogP) is 2.58. The van der Waals surface area contributed by atoms with Crippen LogP contribution >= 0.6 is 0 Å². The number of sulfonamides is 1. The molecule has 11 heteroatoms. The fourth-order valence-electron chi connectivity index (χ4n) is 2.34. The SMILES string of the molecule is CCC(C)NS(=O)(=O)c1cc(NC(=O)C(C)C)ccc1Oc1cc(C(=O)O)nn1C. The maximum Gasteiger partial charge on any atom is 0.356 e. The van der Waals surface area contributed by atoms with Crippen molar-refractivity contribution in [3.8, 4) is 11.6 Å². The van der Waals surface area contributed by atoms with Crippen molar-refractivity contribution in [1.29, 1.82) is 0 Å². The fraction of sp³-hybridized carbons (Fsp3) is 0.421. The van der Waals surface area contributed by atoms with Gasteiger partial charge in [0.05, 0.1) is 0 Å². The van der Waals surface area contributed by atoms with E-state index in [0.717, 1.165) is 0 Å². The summed E-state index contributed by atoms with van der Waals surface area (Å²) in [6.07, 6.45) is 0.572. The van der Waals surface area contributed by atoms with Crippen molar-refractivity contribution < 1.29 is 27.9 Å². The zero-order valence-electron chi connectivity index (χ0n) is 17.5. The van der Waals surface area contributed by atoms with Crippen molar-refractivity contribution in [3.63, 3.8) is 0 Å². The molecule has 10 nitrogen and oxygen atoms in total. The van der Waals surface area contributed by atoms with E-state index in [9.17, 15) is 18.0 Å². The molecule has 1 amide bonds. The van der Waals surface area contributed by atoms with Gasteiger partial charge >= 0.3 is 5.97 Å². The number of nitrogens with one attached hydrogen (secondary N) is 2. The lowest BCUT2D eigenvalue weighted by molar-refractivity contribution is -0.118. The second kappa shape index (κ2) is 9.26. The molecule has 2 aromatic rings. The molecule has 1 aromatic heterocycles. The number of amides is 1. The van der Waals surface area contributed by atoms with E-state index in [1.54, 1.807) is 20.8 Å². The topological polar surface area (TPSA) is 140 Å². The second-order valence-corrected chi connectivity index (χ2v) is 8.82. The zero-order valence-corrected chi connectivity index (χ0v) is 18.3. The molecule has 0 aliphatic carbocycles. The Labute approximate surface area is 175 Å². The van der Waals surface area contributed by atoms with Crippen molar-refractivity contribution in [2.75, 3.05) is 5.32 Å². The van der Waals surface area contributed by atoms with Gasteiger partial charge in [0.15, 0.2) is 5.69 Å². The normalized spacial score (nSPS) is 12.6. The van der Waals surface area contributed by atoms with Crippen LogP contribution in [0.15, 0.2) is 29.2 Å². The number of hydrogen-bond donors (Lipinski definition) is 3. The van der Waals surface area contributed by atoms with Crippen molar-refractivity contribution in [1.82, 2.24) is 14.5 Å². The first kappa shape index (κ1) is 23.4. The van der Waals surface area contributed by atoms with Crippen LogP contribution in [0.25, 0.3) is 0 Å². The van der Waals surface area contributed by atoms with E-state index in [4.69, 9.17) is 9.84 Å². The molecule has 0 aliphatic rings. The first-order valence-electron chi connectivity index (χ1n) is 9.37. The number of carbonyl (C=O) groups excluding carboxylic acids is 1. The maximum absolute atomic E-state index is 13.0. The van der Waals surface area contributed by atoms with Gasteiger partial charge in [0.2, 0.25) is 21.8 Å². The molecule has 0 fully saturated rings. The molecular formula is C19H26N4O6S. The number of carbonyl (C=O) groups is 2. The molecular weight excluding hydrogens is 412 g/mol. The van der Waals surface area contributed by atoms with Crippen LogP contribution in [0.4, 0.5) is 5.69 Å². The molecule has 2 rings (SSSR count). The largest absolute Gasteiger partial charge is 0.476 e. The molecule has 0 saturated heterocycles. The molecule has 0 bridgehead atoms. The van der Waals surface area contributed by atoms with Gasteiger partial charge in [-0.2, -0.15) is 5.10 Å². The van der Waals surface area contributed by atoms with E-state index in [-0.39, 0.29) is 40.1 Å². The van der Waals surface area contributed by atoms with Crippen molar-refractivity contribution in [3.05, 3.63) is 30.0 Å². The zero-order chi connectivity index (χ0) is 22.6. The molecule has 1 atom stereocenters. The van der Waals surface area contributed by atoms with Crippen molar-refractivity contribution >= 4 is 27.6 Å². The van der Waals surface area contributed by atoms with Crippen LogP contribution in [-0.2, 0) is 21.9 Å². The minimum Gasteiger partial charge on any atom is -0.476 e. The van der Waals surface area contributed by atoms with E-state index in [0.29, 0.717) is 12.1 Å². The van der Waals surface area contributed by atoms with E-state index in [1.165, 1.54) is 36.0 Å². The Hall–Kier alpha value is -2.92. The average Bonchev–Trinajstić information content (AvgIpc) is 3.03. The van der Waals surface area contributed by atoms with Crippen LogP contribution in [0.5, 0.6) is 11.6 Å². The lowest BCUT2D eigenvalue weighted by atomic mass is 10.2. The van der Waals surface area contributed by atoms with Crippen LogP contribution in [0.1, 0.15) is 44.6 Å². The third kappa shape index (κ3) is 5.57. The third-order valence-electron chi connectivity index (χ3n) is 4.26. The fourth-order valence-corrected chi connectivity index (χ4v) is 3.82. The number of aryl methyl sites for hydroxylation is 1. The Morgan fingerprint density at radius 3 is 2.43 bits per heavy atom. The molecule has 1 heterocycles. The van der Waals surface area contributed by atoms with Crippen LogP contribution < -0.4 is 14.8 Å². The van der Waals surface area contributed by atoms with Crippen LogP contribution in [0.2, 0.25) is 0 Å². The average molecular weight is 439 g/mol. The Balaban J connectivity index is 2.50. The number of ether oxygens (including phenoxy) is 1. The Morgan fingerprint density at radius 2 is 1.90 bits per heavy atom. The number of rotatable bonds is 9. The van der Waals surface area contributed by atoms with Crippen LogP contribution in [0, 0.1) is 5.92 Å². The summed E-state index contributed by atoms with van der Waals surface area (Å²) in [5, 5.41) is 15.6. The standard InChI is InChI=1S/C19H26N4O6S/c1-6-12(4)22-30(27,28)16-9-13(20-18(24)11(2)3)7-8-15(16)29-17-10-14(19(25)26)21-23(17)5/h7-12,22H,6H2,1-5H3,(H,20,24)(H,25,26). The first-order chi connectivity index (χ1) is 13.9. The minimum absolute atomic E-state index is 0.0340. The van der Waals surface area contributed by atoms with E-state index < -0.39 is 16.0 Å². The molecule has 0 spiro atoms. The highest BCUT2D eigenvalue weighted by Crippen LogP contribution is 2.32. The smallest absolute Gasteiger partial charge is 0.356 e. The summed E-state index contributed by atoms with van der Waals surface area (Å²) in [5.41, 5.74) is 0.0530. The predicted molar refractivity (Wildman–Crippen MR) is 110 cm³/mol. The Bertz CT molecular complexity index is 1050. The van der Waals surface area contributed by atoms with Gasteiger partial charge in [-0.3, -0.25) is 4.79 Å². The third-order valence-corrected chi connectivity index (χ3v) is 5.88. The molecule has 1 aromatic carbocycles. The Kier molecular flexibility index (Phi) is 7.21. The number of aromatic carboxylic acids is 1. The number of nitrogens with zero attached hydrogens (tertiary/aromatic N) is 2. The van der Waals surface area contributed by atoms with Gasteiger partial charge in [0, 0.05) is 30.8 Å². The quantitative estimate of drug-likeness (QED) is 0.547. The summed E-state index contributed by atoms with van der Waals surface area (Å²) >= 11 is 0. The molecule has 0 saturated carbocycles. The number of carboxylic acids is 1. The lowest BCUT2D eigenvalue weighted by Crippen LogP contribution is -2.32. The number of anilines is 1. The van der Waals surface area contributed by atoms with E-state index >= 15 is 0 Å². The molecule has 1 unspecified atom stereocenters. The minimum atomic E-state index is -4.00. The molecule has 0 radical (unpaired) electrons. The molecule has 30 heavy (non-hydrogen) atoms. The highest BCUT2D eigenvalue weighted by molar-refractivity contribution is 7.89. The summed E-state index contributed by atoms with van der Waals surface area (Å²) in [5.74, 6) is -1.78. The van der Waals surface area contributed by atoms with E-state index in [2.05, 4.69) is 15.1 Å². The van der Waals surface area contributed by atoms with Crippen LogP contribution in [0.3, 0.4) is 0 Å². The van der Waals surface area contributed by atoms with Crippen molar-refractivity contribution in [2.45, 2.75) is 45.1 Å². The van der Waals surface area contributed by atoms with Crippen molar-refractivity contribution in [2.24, 2.45) is 13.0 Å². The highest BCUT2D eigenvalue weighted by atomic mass is 32.2. The summed E-state index contributed by atoms with van der Waals surface area (Å²) in [6.45, 7) is 7.00. The number of hydrogen-bond acceptors (Lipinski definition) is 6. The van der Waals surface area contributed by atoms with Gasteiger partial charge in [0.25, 0.3) is 0 Å². The van der Waals surface area contributed by atoms with Gasteiger partial charge < -0.3 is 15.2 Å². The number of carboxylic acid groups (broad SMARTS) is 1. The number of benzene rings is 1. The Morgan fingerprint density at radius 1 is 1.23 bits per heavy atom. The van der Waals surface area contributed by atoms with Gasteiger partial charge in [-0.1, -0.05) is 20.8 Å². The second-order valence-electron chi connectivity index (χ2n) is 7.13. The monoisotopic (exact) mass is 438 g/mol. The maximum atomic E-state index is 13.0. The summed E-state index contributed by atoms with van der Waals surface area (Å²) in [4.78, 5) is 22.9. The first-order valence-corrected chi connectivity index (χ1v) is 10.8.